The van der Waals surface area contributed by atoms with Crippen molar-refractivity contribution in [3.8, 4) is 11.3 Å². The highest BCUT2D eigenvalue weighted by Gasteiger charge is 2.13. The molecule has 3 heterocycles. The van der Waals surface area contributed by atoms with Crippen molar-refractivity contribution in [3.05, 3.63) is 90.5 Å². The van der Waals surface area contributed by atoms with E-state index in [9.17, 15) is 4.79 Å². The lowest BCUT2D eigenvalue weighted by Gasteiger charge is -2.10. The third kappa shape index (κ3) is 3.28. The fraction of sp³-hybridized carbons (Fsp3) is 0.0476. The summed E-state index contributed by atoms with van der Waals surface area (Å²) in [6.45, 7) is 0.422. The van der Waals surface area contributed by atoms with Gasteiger partial charge < -0.3 is 5.32 Å². The molecule has 5 nitrogen and oxygen atoms in total. The van der Waals surface area contributed by atoms with Crippen LogP contribution in [-0.2, 0) is 6.54 Å². The fourth-order valence-corrected chi connectivity index (χ4v) is 2.81. The molecular formula is C21H16N4O. The van der Waals surface area contributed by atoms with Gasteiger partial charge in [-0.15, -0.1) is 0 Å². The number of rotatable bonds is 4. The average Bonchev–Trinajstić information content (AvgIpc) is 2.72. The number of hydrogen-bond donors (Lipinski definition) is 1. The van der Waals surface area contributed by atoms with E-state index in [2.05, 4.69) is 20.3 Å². The topological polar surface area (TPSA) is 67.8 Å². The number of para-hydroxylation sites is 1. The van der Waals surface area contributed by atoms with Crippen LogP contribution in [0.3, 0.4) is 0 Å². The van der Waals surface area contributed by atoms with Crippen LogP contribution in [-0.4, -0.2) is 20.9 Å². The molecule has 1 amide bonds. The maximum Gasteiger partial charge on any atom is 0.252 e. The van der Waals surface area contributed by atoms with E-state index >= 15 is 0 Å². The monoisotopic (exact) mass is 340 g/mol. The summed E-state index contributed by atoms with van der Waals surface area (Å²) in [5, 5.41) is 3.79. The summed E-state index contributed by atoms with van der Waals surface area (Å²) in [5.41, 5.74) is 3.92. The minimum absolute atomic E-state index is 0.141. The van der Waals surface area contributed by atoms with E-state index < -0.39 is 0 Å². The highest BCUT2D eigenvalue weighted by atomic mass is 16.1. The first-order chi connectivity index (χ1) is 12.8. The van der Waals surface area contributed by atoms with Crippen molar-refractivity contribution >= 4 is 16.8 Å². The Morgan fingerprint density at radius 3 is 2.50 bits per heavy atom. The summed E-state index contributed by atoms with van der Waals surface area (Å²) < 4.78 is 0. The van der Waals surface area contributed by atoms with Crippen molar-refractivity contribution in [2.75, 3.05) is 0 Å². The van der Waals surface area contributed by atoms with Gasteiger partial charge in [-0.1, -0.05) is 24.3 Å². The molecule has 0 aliphatic rings. The molecular weight excluding hydrogens is 324 g/mol. The number of carbonyl (C=O) groups excluding carboxylic acids is 1. The van der Waals surface area contributed by atoms with Crippen LogP contribution < -0.4 is 5.32 Å². The SMILES string of the molecule is O=C(NCc1cccnc1)c1cc(-c2cccnc2)nc2ccccc12. The Morgan fingerprint density at radius 2 is 1.73 bits per heavy atom. The van der Waals surface area contributed by atoms with Crippen molar-refractivity contribution in [2.45, 2.75) is 6.54 Å². The molecule has 4 aromatic rings. The Labute approximate surface area is 150 Å². The Bertz CT molecular complexity index is 1050. The van der Waals surface area contributed by atoms with Gasteiger partial charge in [0.05, 0.1) is 16.8 Å². The average molecular weight is 340 g/mol. The quantitative estimate of drug-likeness (QED) is 0.616. The van der Waals surface area contributed by atoms with Crippen LogP contribution in [0.2, 0.25) is 0 Å². The molecule has 0 saturated heterocycles. The van der Waals surface area contributed by atoms with Crippen LogP contribution in [0.1, 0.15) is 15.9 Å². The number of nitrogens with one attached hydrogen (secondary N) is 1. The molecule has 5 heteroatoms. The van der Waals surface area contributed by atoms with Crippen molar-refractivity contribution in [1.29, 1.82) is 0 Å². The number of fused-ring (bicyclic) bond motifs is 1. The molecule has 0 fully saturated rings. The van der Waals surface area contributed by atoms with Crippen molar-refractivity contribution in [2.24, 2.45) is 0 Å². The van der Waals surface area contributed by atoms with E-state index in [1.165, 1.54) is 0 Å². The molecule has 26 heavy (non-hydrogen) atoms. The largest absolute Gasteiger partial charge is 0.348 e. The number of hydrogen-bond acceptors (Lipinski definition) is 4. The van der Waals surface area contributed by atoms with Gasteiger partial charge in [0, 0.05) is 42.3 Å². The van der Waals surface area contributed by atoms with Crippen LogP contribution in [0.4, 0.5) is 0 Å². The van der Waals surface area contributed by atoms with Gasteiger partial charge in [0.1, 0.15) is 0 Å². The van der Waals surface area contributed by atoms with Gasteiger partial charge >= 0.3 is 0 Å². The minimum atomic E-state index is -0.141. The van der Waals surface area contributed by atoms with Gasteiger partial charge in [0.25, 0.3) is 5.91 Å². The van der Waals surface area contributed by atoms with Gasteiger partial charge in [-0.2, -0.15) is 0 Å². The smallest absolute Gasteiger partial charge is 0.252 e. The Morgan fingerprint density at radius 1 is 0.923 bits per heavy atom. The van der Waals surface area contributed by atoms with Crippen molar-refractivity contribution < 1.29 is 4.79 Å². The highest BCUT2D eigenvalue weighted by Crippen LogP contribution is 2.24. The van der Waals surface area contributed by atoms with Gasteiger partial charge in [-0.25, -0.2) is 4.98 Å². The molecule has 4 rings (SSSR count). The third-order valence-electron chi connectivity index (χ3n) is 4.09. The zero-order chi connectivity index (χ0) is 17.8. The van der Waals surface area contributed by atoms with Crippen LogP contribution in [0.15, 0.2) is 79.4 Å². The van der Waals surface area contributed by atoms with Gasteiger partial charge in [-0.3, -0.25) is 14.8 Å². The highest BCUT2D eigenvalue weighted by molar-refractivity contribution is 6.07. The lowest BCUT2D eigenvalue weighted by molar-refractivity contribution is 0.0952. The second-order valence-electron chi connectivity index (χ2n) is 5.86. The van der Waals surface area contributed by atoms with E-state index in [4.69, 9.17) is 0 Å². The molecule has 0 atom stereocenters. The lowest BCUT2D eigenvalue weighted by Crippen LogP contribution is -2.23. The summed E-state index contributed by atoms with van der Waals surface area (Å²) in [5.74, 6) is -0.141. The Hall–Kier alpha value is -3.60. The number of pyridine rings is 3. The lowest BCUT2D eigenvalue weighted by atomic mass is 10.0. The van der Waals surface area contributed by atoms with Crippen molar-refractivity contribution in [1.82, 2.24) is 20.3 Å². The van der Waals surface area contributed by atoms with Crippen LogP contribution in [0.5, 0.6) is 0 Å². The Kier molecular flexibility index (Phi) is 4.35. The second kappa shape index (κ2) is 7.11. The first kappa shape index (κ1) is 15.9. The van der Waals surface area contributed by atoms with E-state index in [0.29, 0.717) is 12.1 Å². The molecule has 1 N–H and O–H groups in total. The van der Waals surface area contributed by atoms with Gasteiger partial charge in [0.2, 0.25) is 0 Å². The number of nitrogens with zero attached hydrogens (tertiary/aromatic N) is 3. The first-order valence-corrected chi connectivity index (χ1v) is 8.28. The molecule has 0 unspecified atom stereocenters. The van der Waals surface area contributed by atoms with Gasteiger partial charge in [-0.05, 0) is 35.9 Å². The zero-order valence-corrected chi connectivity index (χ0v) is 14.0. The minimum Gasteiger partial charge on any atom is -0.348 e. The number of benzene rings is 1. The van der Waals surface area contributed by atoms with Crippen LogP contribution >= 0.6 is 0 Å². The Balaban J connectivity index is 1.72. The maximum atomic E-state index is 12.8. The van der Waals surface area contributed by atoms with Crippen LogP contribution in [0, 0.1) is 0 Å². The first-order valence-electron chi connectivity index (χ1n) is 8.28. The normalized spacial score (nSPS) is 10.6. The molecule has 0 bridgehead atoms. The molecule has 0 spiro atoms. The van der Waals surface area contributed by atoms with Gasteiger partial charge in [0.15, 0.2) is 0 Å². The predicted molar refractivity (Wildman–Crippen MR) is 100 cm³/mol. The molecule has 0 aliphatic carbocycles. The summed E-state index contributed by atoms with van der Waals surface area (Å²) >= 11 is 0. The standard InChI is InChI=1S/C21H16N4O/c26-21(24-13-15-5-3-9-22-12-15)18-11-20(16-6-4-10-23-14-16)25-19-8-2-1-7-17(18)19/h1-12,14H,13H2,(H,24,26). The van der Waals surface area contributed by atoms with E-state index in [-0.39, 0.29) is 5.91 Å². The number of aromatic nitrogens is 3. The summed E-state index contributed by atoms with van der Waals surface area (Å²) in [6, 6.07) is 17.0. The predicted octanol–water partition coefficient (Wildman–Crippen LogP) is 3.62. The fourth-order valence-electron chi connectivity index (χ4n) is 2.81. The number of carbonyl (C=O) groups is 1. The molecule has 0 aliphatic heterocycles. The van der Waals surface area contributed by atoms with E-state index in [0.717, 1.165) is 27.7 Å². The molecule has 0 saturated carbocycles. The second-order valence-corrected chi connectivity index (χ2v) is 5.86. The summed E-state index contributed by atoms with van der Waals surface area (Å²) in [6.07, 6.45) is 6.91. The van der Waals surface area contributed by atoms with Crippen molar-refractivity contribution in [3.63, 3.8) is 0 Å². The van der Waals surface area contributed by atoms with E-state index in [1.54, 1.807) is 24.8 Å². The number of amides is 1. The molecule has 0 radical (unpaired) electrons. The van der Waals surface area contributed by atoms with E-state index in [1.807, 2.05) is 54.6 Å². The summed E-state index contributed by atoms with van der Waals surface area (Å²) in [4.78, 5) is 25.7. The third-order valence-corrected chi connectivity index (χ3v) is 4.09. The molecule has 126 valence electrons. The maximum absolute atomic E-state index is 12.8. The molecule has 3 aromatic heterocycles. The molecule has 1 aromatic carbocycles. The summed E-state index contributed by atoms with van der Waals surface area (Å²) in [7, 11) is 0. The zero-order valence-electron chi connectivity index (χ0n) is 14.0. The van der Waals surface area contributed by atoms with Crippen LogP contribution in [0.25, 0.3) is 22.2 Å².